The number of primary amides is 1. The summed E-state index contributed by atoms with van der Waals surface area (Å²) in [4.78, 5) is 47.7. The van der Waals surface area contributed by atoms with Gasteiger partial charge in [-0.3, -0.25) is 24.6 Å². The lowest BCUT2D eigenvalue weighted by molar-refractivity contribution is -0.145. The van der Waals surface area contributed by atoms with E-state index < -0.39 is 29.7 Å². The molecule has 1 unspecified atom stereocenters. The van der Waals surface area contributed by atoms with Crippen molar-refractivity contribution in [2.75, 3.05) is 6.54 Å². The van der Waals surface area contributed by atoms with Crippen molar-refractivity contribution in [3.8, 4) is 0 Å². The number of amides is 5. The Kier molecular flexibility index (Phi) is 4.36. The molecule has 3 N–H and O–H groups in total. The molecule has 0 spiro atoms. The number of rotatable bonds is 5. The van der Waals surface area contributed by atoms with Crippen LogP contribution in [0.2, 0.25) is 0 Å². The van der Waals surface area contributed by atoms with Crippen molar-refractivity contribution in [1.29, 1.82) is 0 Å². The monoisotopic (exact) mass is 281 g/mol. The number of nitrogens with two attached hydrogens (primary N) is 1. The van der Waals surface area contributed by atoms with Crippen LogP contribution in [0.3, 0.4) is 0 Å². The third-order valence-electron chi connectivity index (χ3n) is 3.97. The Bertz CT molecular complexity index is 443. The highest BCUT2D eigenvalue weighted by Crippen LogP contribution is 2.33. The summed E-state index contributed by atoms with van der Waals surface area (Å²) in [5.41, 5.74) is 5.03. The summed E-state index contributed by atoms with van der Waals surface area (Å²) in [6.07, 6.45) is 4.13. The molecule has 0 radical (unpaired) electrons. The molecule has 0 aromatic heterocycles. The molecule has 1 saturated heterocycles. The minimum Gasteiger partial charge on any atom is -0.370 e. The van der Waals surface area contributed by atoms with Crippen molar-refractivity contribution >= 4 is 23.8 Å². The molecule has 1 aliphatic carbocycles. The highest BCUT2D eigenvalue weighted by molar-refractivity contribution is 6.16. The highest BCUT2D eigenvalue weighted by Gasteiger charge is 2.44. The number of hydrogen-bond donors (Lipinski definition) is 2. The van der Waals surface area contributed by atoms with Crippen LogP contribution in [-0.2, 0) is 14.4 Å². The molecule has 1 saturated carbocycles. The standard InChI is InChI=1S/C13H19N3O4/c14-9(17)6-3-7-16-12(19)10(8-4-1-2-5-8)11(18)15-13(16)20/h8,10H,1-7H2,(H2,14,17)(H,15,18,20). The number of carbonyl (C=O) groups excluding carboxylic acids is 4. The molecule has 110 valence electrons. The molecule has 2 fully saturated rings. The SMILES string of the molecule is NC(=O)CCCN1C(=O)NC(=O)C(C2CCCC2)C1=O. The van der Waals surface area contributed by atoms with Crippen LogP contribution >= 0.6 is 0 Å². The van der Waals surface area contributed by atoms with Gasteiger partial charge in [-0.25, -0.2) is 4.79 Å². The van der Waals surface area contributed by atoms with Gasteiger partial charge in [0.1, 0.15) is 5.92 Å². The second-order valence-electron chi connectivity index (χ2n) is 5.38. The number of hydrogen-bond acceptors (Lipinski definition) is 4. The summed E-state index contributed by atoms with van der Waals surface area (Å²) in [6.45, 7) is 0.115. The van der Waals surface area contributed by atoms with Gasteiger partial charge in [0.2, 0.25) is 17.7 Å². The molecule has 7 heteroatoms. The molecule has 0 bridgehead atoms. The van der Waals surface area contributed by atoms with E-state index in [1.807, 2.05) is 0 Å². The maximum atomic E-state index is 12.3. The van der Waals surface area contributed by atoms with Crippen molar-refractivity contribution in [2.45, 2.75) is 38.5 Å². The fourth-order valence-electron chi connectivity index (χ4n) is 2.96. The van der Waals surface area contributed by atoms with Crippen LogP contribution in [0.1, 0.15) is 38.5 Å². The summed E-state index contributed by atoms with van der Waals surface area (Å²) in [6, 6.07) is -0.696. The van der Waals surface area contributed by atoms with Crippen LogP contribution in [0.15, 0.2) is 0 Å². The molecule has 0 aromatic carbocycles. The Morgan fingerprint density at radius 1 is 1.25 bits per heavy atom. The molecule has 2 rings (SSSR count). The normalized spacial score (nSPS) is 24.1. The van der Waals surface area contributed by atoms with E-state index in [4.69, 9.17) is 5.73 Å². The number of nitrogens with one attached hydrogen (secondary N) is 1. The first-order valence-electron chi connectivity index (χ1n) is 6.95. The molecule has 1 aliphatic heterocycles. The van der Waals surface area contributed by atoms with E-state index in [0.717, 1.165) is 30.6 Å². The zero-order valence-corrected chi connectivity index (χ0v) is 11.3. The third-order valence-corrected chi connectivity index (χ3v) is 3.97. The second kappa shape index (κ2) is 6.02. The van der Waals surface area contributed by atoms with Crippen LogP contribution < -0.4 is 11.1 Å². The van der Waals surface area contributed by atoms with Crippen LogP contribution in [0.4, 0.5) is 4.79 Å². The van der Waals surface area contributed by atoms with Gasteiger partial charge in [-0.2, -0.15) is 0 Å². The van der Waals surface area contributed by atoms with Crippen molar-refractivity contribution in [3.05, 3.63) is 0 Å². The quantitative estimate of drug-likeness (QED) is 0.698. The average molecular weight is 281 g/mol. The van der Waals surface area contributed by atoms with Gasteiger partial charge in [0, 0.05) is 13.0 Å². The zero-order chi connectivity index (χ0) is 14.7. The molecule has 1 atom stereocenters. The number of urea groups is 1. The van der Waals surface area contributed by atoms with Gasteiger partial charge in [-0.15, -0.1) is 0 Å². The Morgan fingerprint density at radius 3 is 2.50 bits per heavy atom. The highest BCUT2D eigenvalue weighted by atomic mass is 16.2. The minimum absolute atomic E-state index is 0.0224. The number of carbonyl (C=O) groups is 4. The Balaban J connectivity index is 2.03. The van der Waals surface area contributed by atoms with E-state index in [1.54, 1.807) is 0 Å². The Labute approximate surface area is 116 Å². The maximum absolute atomic E-state index is 12.3. The first-order chi connectivity index (χ1) is 9.50. The predicted molar refractivity (Wildman–Crippen MR) is 69.1 cm³/mol. The maximum Gasteiger partial charge on any atom is 0.330 e. The fourth-order valence-corrected chi connectivity index (χ4v) is 2.96. The number of barbiturate groups is 1. The van der Waals surface area contributed by atoms with Gasteiger partial charge in [0.05, 0.1) is 0 Å². The summed E-state index contributed by atoms with van der Waals surface area (Å²) in [5, 5.41) is 2.24. The molecular weight excluding hydrogens is 262 g/mol. The van der Waals surface area contributed by atoms with E-state index >= 15 is 0 Å². The van der Waals surface area contributed by atoms with Crippen molar-refractivity contribution in [2.24, 2.45) is 17.6 Å². The van der Waals surface area contributed by atoms with Gasteiger partial charge in [-0.1, -0.05) is 12.8 Å². The Hall–Kier alpha value is -1.92. The van der Waals surface area contributed by atoms with Crippen LogP contribution in [0.25, 0.3) is 0 Å². The molecule has 2 aliphatic rings. The van der Waals surface area contributed by atoms with Crippen LogP contribution in [-0.4, -0.2) is 35.2 Å². The largest absolute Gasteiger partial charge is 0.370 e. The van der Waals surface area contributed by atoms with Gasteiger partial charge in [0.15, 0.2) is 0 Å². The van der Waals surface area contributed by atoms with E-state index in [0.29, 0.717) is 6.42 Å². The first kappa shape index (κ1) is 14.5. The van der Waals surface area contributed by atoms with E-state index in [9.17, 15) is 19.2 Å². The molecule has 20 heavy (non-hydrogen) atoms. The second-order valence-corrected chi connectivity index (χ2v) is 5.38. The van der Waals surface area contributed by atoms with Gasteiger partial charge >= 0.3 is 6.03 Å². The number of imide groups is 2. The van der Waals surface area contributed by atoms with E-state index in [1.165, 1.54) is 0 Å². The summed E-state index contributed by atoms with van der Waals surface area (Å²) in [7, 11) is 0. The van der Waals surface area contributed by atoms with Gasteiger partial charge in [0.25, 0.3) is 0 Å². The lowest BCUT2D eigenvalue weighted by Crippen LogP contribution is -2.59. The fraction of sp³-hybridized carbons (Fsp3) is 0.692. The molecule has 7 nitrogen and oxygen atoms in total. The van der Waals surface area contributed by atoms with Gasteiger partial charge in [-0.05, 0) is 25.2 Å². The first-order valence-corrected chi connectivity index (χ1v) is 6.95. The van der Waals surface area contributed by atoms with Crippen molar-refractivity contribution in [1.82, 2.24) is 10.2 Å². The van der Waals surface area contributed by atoms with Crippen molar-refractivity contribution < 1.29 is 19.2 Å². The average Bonchev–Trinajstić information content (AvgIpc) is 2.86. The third kappa shape index (κ3) is 2.97. The topological polar surface area (TPSA) is 110 Å². The molecule has 1 heterocycles. The van der Waals surface area contributed by atoms with Crippen molar-refractivity contribution in [3.63, 3.8) is 0 Å². The molecule has 0 aromatic rings. The van der Waals surface area contributed by atoms with E-state index in [-0.39, 0.29) is 18.9 Å². The lowest BCUT2D eigenvalue weighted by Gasteiger charge is -2.32. The molecular formula is C13H19N3O4. The van der Waals surface area contributed by atoms with Crippen LogP contribution in [0, 0.1) is 11.8 Å². The van der Waals surface area contributed by atoms with Gasteiger partial charge < -0.3 is 5.73 Å². The molecule has 5 amide bonds. The van der Waals surface area contributed by atoms with E-state index in [2.05, 4.69) is 5.32 Å². The summed E-state index contributed by atoms with van der Waals surface area (Å²) < 4.78 is 0. The number of nitrogens with zero attached hydrogens (tertiary/aromatic N) is 1. The Morgan fingerprint density at radius 2 is 1.90 bits per heavy atom. The zero-order valence-electron chi connectivity index (χ0n) is 11.3. The summed E-state index contributed by atoms with van der Waals surface area (Å²) >= 11 is 0. The van der Waals surface area contributed by atoms with Crippen LogP contribution in [0.5, 0.6) is 0 Å². The minimum atomic E-state index is -0.760. The smallest absolute Gasteiger partial charge is 0.330 e. The lowest BCUT2D eigenvalue weighted by atomic mass is 9.87. The summed E-state index contributed by atoms with van der Waals surface area (Å²) in [5.74, 6) is -2.13. The predicted octanol–water partition coefficient (Wildman–Crippen LogP) is 0.137.